The summed E-state index contributed by atoms with van der Waals surface area (Å²) in [5.41, 5.74) is 2.60. The summed E-state index contributed by atoms with van der Waals surface area (Å²) in [7, 11) is 0. The van der Waals surface area contributed by atoms with E-state index in [9.17, 15) is 14.4 Å². The van der Waals surface area contributed by atoms with E-state index in [2.05, 4.69) is 19.1 Å². The predicted octanol–water partition coefficient (Wildman–Crippen LogP) is 0.955. The number of imide groups is 2. The molecule has 4 rings (SSSR count). The van der Waals surface area contributed by atoms with Crippen molar-refractivity contribution in [3.63, 3.8) is 0 Å². The summed E-state index contributed by atoms with van der Waals surface area (Å²) >= 11 is 0. The maximum Gasteiger partial charge on any atom is 0.338 e. The first kappa shape index (κ1) is 17.2. The molecule has 1 aliphatic carbocycles. The molecule has 6 heteroatoms. The van der Waals surface area contributed by atoms with Gasteiger partial charge in [0.1, 0.15) is 6.54 Å². The van der Waals surface area contributed by atoms with Gasteiger partial charge in [0.25, 0.3) is 0 Å². The highest BCUT2D eigenvalue weighted by Crippen LogP contribution is 2.31. The summed E-state index contributed by atoms with van der Waals surface area (Å²) in [6, 6.07) is 7.75. The van der Waals surface area contributed by atoms with Crippen LogP contribution < -0.4 is 4.90 Å². The highest BCUT2D eigenvalue weighted by atomic mass is 16.2. The number of amides is 4. The van der Waals surface area contributed by atoms with Crippen molar-refractivity contribution in [2.45, 2.75) is 51.6 Å². The maximum absolute atomic E-state index is 12.9. The van der Waals surface area contributed by atoms with Gasteiger partial charge in [-0.3, -0.25) is 14.5 Å². The number of carbonyl (C=O) groups is 3. The minimum Gasteiger partial charge on any atom is -0.313 e. The number of quaternary nitrogens is 1. The standard InChI is InChI=1S/C20H25N3O3/c1-14-6-2-5-9-17(14)23-19(25)18(24)22(20(23)26)13-21-11-10-15-7-3-4-8-16(15)12-21/h3-4,7-8,14,17H,2,5-6,9-13H2,1H3/p+1/t14-,17+/m1/s1. The molecule has 26 heavy (non-hydrogen) atoms. The smallest absolute Gasteiger partial charge is 0.313 e. The lowest BCUT2D eigenvalue weighted by molar-refractivity contribution is -0.923. The molecule has 3 aliphatic rings. The van der Waals surface area contributed by atoms with Crippen molar-refractivity contribution in [2.75, 3.05) is 13.2 Å². The molecule has 2 aliphatic heterocycles. The third kappa shape index (κ3) is 2.92. The molecule has 1 saturated heterocycles. The van der Waals surface area contributed by atoms with Crippen LogP contribution in [0.4, 0.5) is 4.79 Å². The molecule has 1 N–H and O–H groups in total. The number of nitrogens with zero attached hydrogens (tertiary/aromatic N) is 2. The van der Waals surface area contributed by atoms with Crippen LogP contribution in [-0.4, -0.2) is 46.9 Å². The summed E-state index contributed by atoms with van der Waals surface area (Å²) in [4.78, 5) is 41.5. The van der Waals surface area contributed by atoms with Gasteiger partial charge in [-0.1, -0.05) is 44.0 Å². The minimum atomic E-state index is -0.654. The Morgan fingerprint density at radius 3 is 2.54 bits per heavy atom. The number of hydrogen-bond acceptors (Lipinski definition) is 3. The molecule has 6 nitrogen and oxygen atoms in total. The van der Waals surface area contributed by atoms with Gasteiger partial charge in [-0.25, -0.2) is 9.69 Å². The molecule has 1 saturated carbocycles. The van der Waals surface area contributed by atoms with Crippen LogP contribution in [0.5, 0.6) is 0 Å². The maximum atomic E-state index is 12.9. The van der Waals surface area contributed by atoms with Crippen LogP contribution in [0.1, 0.15) is 43.7 Å². The average Bonchev–Trinajstić information content (AvgIpc) is 2.86. The molecule has 1 unspecified atom stereocenters. The van der Waals surface area contributed by atoms with Crippen molar-refractivity contribution < 1.29 is 19.3 Å². The quantitative estimate of drug-likeness (QED) is 0.648. The third-order valence-corrected chi connectivity index (χ3v) is 6.17. The molecule has 2 heterocycles. The van der Waals surface area contributed by atoms with Crippen LogP contribution in [0.3, 0.4) is 0 Å². The van der Waals surface area contributed by atoms with Crippen LogP contribution >= 0.6 is 0 Å². The van der Waals surface area contributed by atoms with E-state index in [0.717, 1.165) is 50.1 Å². The molecule has 1 aromatic rings. The van der Waals surface area contributed by atoms with Gasteiger partial charge in [0.05, 0.1) is 6.54 Å². The molecule has 138 valence electrons. The van der Waals surface area contributed by atoms with Crippen LogP contribution in [-0.2, 0) is 22.6 Å². The summed E-state index contributed by atoms with van der Waals surface area (Å²) in [6.07, 6.45) is 4.88. The van der Waals surface area contributed by atoms with Crippen LogP contribution in [0.15, 0.2) is 24.3 Å². The summed E-state index contributed by atoms with van der Waals surface area (Å²) < 4.78 is 0. The van der Waals surface area contributed by atoms with Gasteiger partial charge in [0, 0.05) is 18.0 Å². The fraction of sp³-hybridized carbons (Fsp3) is 0.550. The summed E-state index contributed by atoms with van der Waals surface area (Å²) in [5.74, 6) is -1.02. The van der Waals surface area contributed by atoms with Gasteiger partial charge in [0.15, 0.2) is 6.67 Å². The summed E-state index contributed by atoms with van der Waals surface area (Å²) in [5, 5.41) is 0. The second-order valence-corrected chi connectivity index (χ2v) is 7.87. The molecular formula is C20H26N3O3+. The Morgan fingerprint density at radius 2 is 1.77 bits per heavy atom. The SMILES string of the molecule is C[C@@H]1CCCC[C@@H]1N1C(=O)C(=O)N(C[NH+]2CCc3ccccc3C2)C1=O. The van der Waals surface area contributed by atoms with Gasteiger partial charge in [-0.15, -0.1) is 0 Å². The van der Waals surface area contributed by atoms with Crippen molar-refractivity contribution >= 4 is 17.8 Å². The van der Waals surface area contributed by atoms with Gasteiger partial charge < -0.3 is 4.90 Å². The predicted molar refractivity (Wildman–Crippen MR) is 95.1 cm³/mol. The van der Waals surface area contributed by atoms with Gasteiger partial charge in [-0.2, -0.15) is 0 Å². The van der Waals surface area contributed by atoms with E-state index < -0.39 is 17.8 Å². The van der Waals surface area contributed by atoms with Crippen LogP contribution in [0.2, 0.25) is 0 Å². The van der Waals surface area contributed by atoms with E-state index in [0.29, 0.717) is 0 Å². The number of urea groups is 1. The van der Waals surface area contributed by atoms with E-state index >= 15 is 0 Å². The number of benzene rings is 1. The number of fused-ring (bicyclic) bond motifs is 1. The number of hydrogen-bond donors (Lipinski definition) is 1. The molecular weight excluding hydrogens is 330 g/mol. The second-order valence-electron chi connectivity index (χ2n) is 7.87. The molecule has 3 atom stereocenters. The highest BCUT2D eigenvalue weighted by molar-refractivity contribution is 6.44. The minimum absolute atomic E-state index is 0.130. The van der Waals surface area contributed by atoms with E-state index in [4.69, 9.17) is 0 Å². The first-order valence-corrected chi connectivity index (χ1v) is 9.65. The normalized spacial score (nSPS) is 29.3. The average molecular weight is 356 g/mol. The van der Waals surface area contributed by atoms with Crippen molar-refractivity contribution in [1.82, 2.24) is 9.80 Å². The number of rotatable bonds is 3. The Bertz CT molecular complexity index is 748. The van der Waals surface area contributed by atoms with Gasteiger partial charge in [-0.05, 0) is 24.3 Å². The van der Waals surface area contributed by atoms with Crippen molar-refractivity contribution in [3.05, 3.63) is 35.4 Å². The molecule has 0 spiro atoms. The van der Waals surface area contributed by atoms with Crippen molar-refractivity contribution in [3.8, 4) is 0 Å². The zero-order valence-electron chi connectivity index (χ0n) is 15.2. The Balaban J connectivity index is 1.48. The Labute approximate surface area is 153 Å². The lowest BCUT2D eigenvalue weighted by Gasteiger charge is -2.34. The third-order valence-electron chi connectivity index (χ3n) is 6.17. The fourth-order valence-electron chi connectivity index (χ4n) is 4.64. The van der Waals surface area contributed by atoms with E-state index in [1.54, 1.807) is 0 Å². The van der Waals surface area contributed by atoms with Crippen LogP contribution in [0.25, 0.3) is 0 Å². The van der Waals surface area contributed by atoms with Gasteiger partial charge in [0.2, 0.25) is 0 Å². The number of carbonyl (C=O) groups excluding carboxylic acids is 3. The Hall–Kier alpha value is -2.21. The number of nitrogens with one attached hydrogen (secondary N) is 1. The molecule has 4 amide bonds. The Morgan fingerprint density at radius 1 is 1.04 bits per heavy atom. The second kappa shape index (κ2) is 6.83. The fourth-order valence-corrected chi connectivity index (χ4v) is 4.64. The summed E-state index contributed by atoms with van der Waals surface area (Å²) in [6.45, 7) is 3.99. The molecule has 0 bridgehead atoms. The zero-order chi connectivity index (χ0) is 18.3. The van der Waals surface area contributed by atoms with Crippen molar-refractivity contribution in [2.24, 2.45) is 5.92 Å². The lowest BCUT2D eigenvalue weighted by atomic mass is 9.85. The monoisotopic (exact) mass is 356 g/mol. The topological polar surface area (TPSA) is 62.1 Å². The van der Waals surface area contributed by atoms with E-state index in [1.807, 2.05) is 12.1 Å². The largest absolute Gasteiger partial charge is 0.338 e. The van der Waals surface area contributed by atoms with E-state index in [-0.39, 0.29) is 18.6 Å². The Kier molecular flexibility index (Phi) is 4.53. The molecule has 2 fully saturated rings. The van der Waals surface area contributed by atoms with E-state index in [1.165, 1.54) is 20.9 Å². The van der Waals surface area contributed by atoms with Crippen LogP contribution in [0, 0.1) is 5.92 Å². The van der Waals surface area contributed by atoms with Crippen molar-refractivity contribution in [1.29, 1.82) is 0 Å². The highest BCUT2D eigenvalue weighted by Gasteiger charge is 2.50. The van der Waals surface area contributed by atoms with Gasteiger partial charge >= 0.3 is 17.8 Å². The first-order valence-electron chi connectivity index (χ1n) is 9.65. The lowest BCUT2D eigenvalue weighted by Crippen LogP contribution is -3.13. The molecule has 0 radical (unpaired) electrons. The first-order chi connectivity index (χ1) is 12.6. The molecule has 0 aromatic heterocycles. The zero-order valence-corrected chi connectivity index (χ0v) is 15.2. The molecule has 1 aromatic carbocycles.